The molecule has 2 atom stereocenters. The number of carbonyl (C=O) groups is 2. The summed E-state index contributed by atoms with van der Waals surface area (Å²) in [5, 5.41) is 0. The molecule has 1 aliphatic heterocycles. The number of carbonyl (C=O) groups excluding carboxylic acids is 2. The first-order chi connectivity index (χ1) is 10.7. The maximum atomic E-state index is 11.1. The highest BCUT2D eigenvalue weighted by Gasteiger charge is 2.37. The van der Waals surface area contributed by atoms with Gasteiger partial charge < -0.3 is 23.7 Å². The fourth-order valence-corrected chi connectivity index (χ4v) is 1.97. The number of hydrogen-bond acceptors (Lipinski definition) is 7. The summed E-state index contributed by atoms with van der Waals surface area (Å²) in [5.74, 6) is -1.82. The smallest absolute Gasteiger partial charge is 0.305 e. The van der Waals surface area contributed by atoms with E-state index in [0.29, 0.717) is 13.2 Å². The van der Waals surface area contributed by atoms with Gasteiger partial charge in [-0.1, -0.05) is 6.08 Å². The molecule has 0 spiro atoms. The van der Waals surface area contributed by atoms with Crippen molar-refractivity contribution in [2.75, 3.05) is 13.2 Å². The lowest BCUT2D eigenvalue weighted by atomic mass is 10.2. The Labute approximate surface area is 136 Å². The van der Waals surface area contributed by atoms with Gasteiger partial charge >= 0.3 is 11.9 Å². The van der Waals surface area contributed by atoms with Crippen LogP contribution in [0.2, 0.25) is 0 Å². The summed E-state index contributed by atoms with van der Waals surface area (Å²) in [6.07, 6.45) is 2.74. The zero-order chi connectivity index (χ0) is 17.5. The lowest BCUT2D eigenvalue weighted by Gasteiger charge is -2.22. The third kappa shape index (κ3) is 7.40. The van der Waals surface area contributed by atoms with Crippen LogP contribution in [0.3, 0.4) is 0 Å². The van der Waals surface area contributed by atoms with Crippen LogP contribution in [0.25, 0.3) is 0 Å². The van der Waals surface area contributed by atoms with E-state index in [-0.39, 0.29) is 6.10 Å². The highest BCUT2D eigenvalue weighted by molar-refractivity contribution is 5.68. The molecule has 0 aromatic rings. The standard InChI is InChI=1S/C16H24O7/c1-6-9-19-13(14-10-20-16(4,5)23-14)7-8-15(21-11(2)17)22-12(3)18/h6-8,13-15H,1,9-10H2,2-5H3/b8-7+/t13-,14+/m0/s1. The van der Waals surface area contributed by atoms with E-state index in [2.05, 4.69) is 6.58 Å². The van der Waals surface area contributed by atoms with Crippen LogP contribution in [0.5, 0.6) is 0 Å². The molecule has 0 radical (unpaired) electrons. The van der Waals surface area contributed by atoms with E-state index in [0.717, 1.165) is 0 Å². The lowest BCUT2D eigenvalue weighted by Crippen LogP contribution is -2.32. The molecule has 0 amide bonds. The van der Waals surface area contributed by atoms with Crippen LogP contribution in [0.15, 0.2) is 24.8 Å². The summed E-state index contributed by atoms with van der Waals surface area (Å²) in [6.45, 7) is 10.3. The fourth-order valence-electron chi connectivity index (χ4n) is 1.97. The first-order valence-corrected chi connectivity index (χ1v) is 7.30. The molecule has 23 heavy (non-hydrogen) atoms. The van der Waals surface area contributed by atoms with Crippen molar-refractivity contribution in [2.24, 2.45) is 0 Å². The van der Waals surface area contributed by atoms with E-state index in [9.17, 15) is 9.59 Å². The van der Waals surface area contributed by atoms with E-state index < -0.39 is 30.1 Å². The van der Waals surface area contributed by atoms with Crippen LogP contribution in [0, 0.1) is 0 Å². The van der Waals surface area contributed by atoms with E-state index in [1.54, 1.807) is 12.2 Å². The van der Waals surface area contributed by atoms with Gasteiger partial charge in [0.15, 0.2) is 5.79 Å². The number of rotatable bonds is 8. The molecule has 0 unspecified atom stereocenters. The average Bonchev–Trinajstić information content (AvgIpc) is 2.77. The van der Waals surface area contributed by atoms with Crippen molar-refractivity contribution < 1.29 is 33.3 Å². The molecule has 7 nitrogen and oxygen atoms in total. The maximum absolute atomic E-state index is 11.1. The van der Waals surface area contributed by atoms with Crippen molar-refractivity contribution in [3.63, 3.8) is 0 Å². The number of ether oxygens (including phenoxy) is 5. The van der Waals surface area contributed by atoms with Gasteiger partial charge in [0.2, 0.25) is 0 Å². The van der Waals surface area contributed by atoms with Gasteiger partial charge in [0.1, 0.15) is 12.2 Å². The maximum Gasteiger partial charge on any atom is 0.305 e. The highest BCUT2D eigenvalue weighted by Crippen LogP contribution is 2.26. The van der Waals surface area contributed by atoms with Gasteiger partial charge in [-0.15, -0.1) is 6.58 Å². The van der Waals surface area contributed by atoms with Gasteiger partial charge in [-0.05, 0) is 26.0 Å². The van der Waals surface area contributed by atoms with Crippen LogP contribution >= 0.6 is 0 Å². The third-order valence-corrected chi connectivity index (χ3v) is 2.83. The molecule has 130 valence electrons. The molecule has 7 heteroatoms. The lowest BCUT2D eigenvalue weighted by molar-refractivity contribution is -0.176. The Bertz CT molecular complexity index is 439. The summed E-state index contributed by atoms with van der Waals surface area (Å²) < 4.78 is 26.7. The summed E-state index contributed by atoms with van der Waals surface area (Å²) in [7, 11) is 0. The predicted molar refractivity (Wildman–Crippen MR) is 81.3 cm³/mol. The average molecular weight is 328 g/mol. The molecule has 1 saturated heterocycles. The van der Waals surface area contributed by atoms with E-state index in [1.165, 1.54) is 19.9 Å². The van der Waals surface area contributed by atoms with E-state index in [4.69, 9.17) is 23.7 Å². The zero-order valence-corrected chi connectivity index (χ0v) is 13.9. The van der Waals surface area contributed by atoms with Crippen LogP contribution < -0.4 is 0 Å². The topological polar surface area (TPSA) is 80.3 Å². The van der Waals surface area contributed by atoms with Crippen molar-refractivity contribution in [3.8, 4) is 0 Å². The van der Waals surface area contributed by atoms with Crippen molar-refractivity contribution >= 4 is 11.9 Å². The SMILES string of the molecule is C=CCO[C@@H](/C=C/C(OC(C)=O)OC(C)=O)[C@H]1COC(C)(C)O1. The van der Waals surface area contributed by atoms with Gasteiger partial charge in [0.05, 0.1) is 13.2 Å². The largest absolute Gasteiger partial charge is 0.421 e. The van der Waals surface area contributed by atoms with Crippen LogP contribution in [-0.2, 0) is 33.3 Å². The molecule has 1 fully saturated rings. The molecule has 1 aliphatic rings. The number of hydrogen-bond donors (Lipinski definition) is 0. The second kappa shape index (κ2) is 8.81. The molecular weight excluding hydrogens is 304 g/mol. The van der Waals surface area contributed by atoms with Gasteiger partial charge in [0, 0.05) is 13.8 Å². The highest BCUT2D eigenvalue weighted by atomic mass is 16.7. The van der Waals surface area contributed by atoms with Gasteiger partial charge in [-0.3, -0.25) is 9.59 Å². The van der Waals surface area contributed by atoms with Gasteiger partial charge in [-0.25, -0.2) is 0 Å². The van der Waals surface area contributed by atoms with Crippen molar-refractivity contribution in [1.82, 2.24) is 0 Å². The zero-order valence-electron chi connectivity index (χ0n) is 13.9. The van der Waals surface area contributed by atoms with Crippen LogP contribution in [0.4, 0.5) is 0 Å². The van der Waals surface area contributed by atoms with E-state index in [1.807, 2.05) is 13.8 Å². The van der Waals surface area contributed by atoms with Crippen molar-refractivity contribution in [3.05, 3.63) is 24.8 Å². The summed E-state index contributed by atoms with van der Waals surface area (Å²) in [5.41, 5.74) is 0. The van der Waals surface area contributed by atoms with Crippen LogP contribution in [-0.4, -0.2) is 49.4 Å². The van der Waals surface area contributed by atoms with Crippen molar-refractivity contribution in [1.29, 1.82) is 0 Å². The minimum absolute atomic E-state index is 0.307. The van der Waals surface area contributed by atoms with Crippen molar-refractivity contribution in [2.45, 2.75) is 52.0 Å². The number of esters is 2. The predicted octanol–water partition coefficient (Wildman–Crippen LogP) is 1.72. The molecule has 0 aromatic heterocycles. The Balaban J connectivity index is 2.78. The molecule has 0 aliphatic carbocycles. The molecule has 0 saturated carbocycles. The quantitative estimate of drug-likeness (QED) is 0.381. The minimum Gasteiger partial charge on any atom is -0.421 e. The first kappa shape index (κ1) is 19.3. The summed E-state index contributed by atoms with van der Waals surface area (Å²) in [6, 6.07) is 0. The second-order valence-corrected chi connectivity index (χ2v) is 5.43. The van der Waals surface area contributed by atoms with Gasteiger partial charge in [0.25, 0.3) is 6.29 Å². The molecular formula is C16H24O7. The molecule has 1 heterocycles. The molecule has 0 aromatic carbocycles. The second-order valence-electron chi connectivity index (χ2n) is 5.43. The first-order valence-electron chi connectivity index (χ1n) is 7.30. The van der Waals surface area contributed by atoms with Crippen LogP contribution in [0.1, 0.15) is 27.7 Å². The fraction of sp³-hybridized carbons (Fsp3) is 0.625. The normalized spacial score (nSPS) is 21.3. The Morgan fingerprint density at radius 3 is 2.30 bits per heavy atom. The third-order valence-electron chi connectivity index (χ3n) is 2.83. The Kier molecular flexibility index (Phi) is 7.41. The summed E-state index contributed by atoms with van der Waals surface area (Å²) >= 11 is 0. The van der Waals surface area contributed by atoms with E-state index >= 15 is 0 Å². The minimum atomic E-state index is -1.12. The monoisotopic (exact) mass is 328 g/mol. The summed E-state index contributed by atoms with van der Waals surface area (Å²) in [4.78, 5) is 22.1. The Morgan fingerprint density at radius 1 is 1.26 bits per heavy atom. The molecule has 1 rings (SSSR count). The Hall–Kier alpha value is -1.70. The molecule has 0 N–H and O–H groups in total. The molecule has 0 bridgehead atoms. The van der Waals surface area contributed by atoms with Gasteiger partial charge in [-0.2, -0.15) is 0 Å². The Morgan fingerprint density at radius 2 is 1.87 bits per heavy atom.